The maximum absolute atomic E-state index is 4.51. The molecule has 18 heavy (non-hydrogen) atoms. The van der Waals surface area contributed by atoms with Crippen LogP contribution in [0.2, 0.25) is 0 Å². The van der Waals surface area contributed by atoms with Crippen LogP contribution < -0.4 is 5.32 Å². The number of aromatic nitrogens is 2. The highest BCUT2D eigenvalue weighted by atomic mass is 15.3. The van der Waals surface area contributed by atoms with Gasteiger partial charge >= 0.3 is 0 Å². The molecule has 98 valence electrons. The molecule has 0 aliphatic heterocycles. The molecule has 1 N–H and O–H groups in total. The number of hydrogen-bond acceptors (Lipinski definition) is 2. The van der Waals surface area contributed by atoms with Crippen LogP contribution in [0.5, 0.6) is 0 Å². The van der Waals surface area contributed by atoms with Crippen LogP contribution in [0.4, 0.5) is 0 Å². The summed E-state index contributed by atoms with van der Waals surface area (Å²) < 4.78 is 2.14. The first-order valence-corrected chi connectivity index (χ1v) is 6.84. The smallest absolute Gasteiger partial charge is 0.0685 e. The van der Waals surface area contributed by atoms with Crippen LogP contribution in [0.3, 0.4) is 0 Å². The Morgan fingerprint density at radius 3 is 2.78 bits per heavy atom. The number of para-hydroxylation sites is 1. The highest BCUT2D eigenvalue weighted by Gasteiger charge is 2.08. The molecule has 1 aromatic carbocycles. The summed E-state index contributed by atoms with van der Waals surface area (Å²) in [6.45, 7) is 7.70. The Morgan fingerprint density at radius 2 is 2.00 bits per heavy atom. The molecule has 1 heterocycles. The van der Waals surface area contributed by atoms with Crippen molar-refractivity contribution in [3.8, 4) is 0 Å². The lowest BCUT2D eigenvalue weighted by Gasteiger charge is -2.14. The van der Waals surface area contributed by atoms with Gasteiger partial charge in [0.15, 0.2) is 0 Å². The summed E-state index contributed by atoms with van der Waals surface area (Å²) in [5, 5.41) is 9.19. The van der Waals surface area contributed by atoms with E-state index in [1.807, 2.05) is 6.20 Å². The van der Waals surface area contributed by atoms with Crippen molar-refractivity contribution in [2.75, 3.05) is 6.54 Å². The average molecular weight is 245 g/mol. The molecule has 2 rings (SSSR count). The first-order valence-electron chi connectivity index (χ1n) is 6.84. The van der Waals surface area contributed by atoms with E-state index in [2.05, 4.69) is 60.1 Å². The van der Waals surface area contributed by atoms with Crippen molar-refractivity contribution in [2.24, 2.45) is 0 Å². The van der Waals surface area contributed by atoms with E-state index in [-0.39, 0.29) is 0 Å². The third kappa shape index (κ3) is 3.10. The molecule has 0 spiro atoms. The molecule has 0 fully saturated rings. The van der Waals surface area contributed by atoms with Crippen LogP contribution in [0.1, 0.15) is 39.7 Å². The predicted molar refractivity (Wildman–Crippen MR) is 76.8 cm³/mol. The monoisotopic (exact) mass is 245 g/mol. The predicted octanol–water partition coefficient (Wildman–Crippen LogP) is 3.38. The van der Waals surface area contributed by atoms with Crippen molar-refractivity contribution in [1.29, 1.82) is 0 Å². The van der Waals surface area contributed by atoms with Crippen molar-refractivity contribution in [3.63, 3.8) is 0 Å². The molecule has 0 bridgehead atoms. The van der Waals surface area contributed by atoms with Crippen molar-refractivity contribution in [1.82, 2.24) is 15.1 Å². The zero-order chi connectivity index (χ0) is 13.0. The van der Waals surface area contributed by atoms with Gasteiger partial charge in [-0.3, -0.25) is 4.68 Å². The minimum absolute atomic E-state index is 0.457. The van der Waals surface area contributed by atoms with E-state index >= 15 is 0 Å². The van der Waals surface area contributed by atoms with Gasteiger partial charge < -0.3 is 5.32 Å². The summed E-state index contributed by atoms with van der Waals surface area (Å²) >= 11 is 0. The fraction of sp³-hybridized carbons (Fsp3) is 0.533. The molecular formula is C15H23N3. The Bertz CT molecular complexity index is 487. The summed E-state index contributed by atoms with van der Waals surface area (Å²) in [5.41, 5.74) is 1.24. The van der Waals surface area contributed by atoms with Crippen LogP contribution in [-0.4, -0.2) is 22.4 Å². The Hall–Kier alpha value is -1.35. The highest BCUT2D eigenvalue weighted by molar-refractivity contribution is 5.78. The number of nitrogens with one attached hydrogen (secondary N) is 1. The first kappa shape index (κ1) is 13.1. The van der Waals surface area contributed by atoms with Gasteiger partial charge in [-0.25, -0.2) is 0 Å². The summed E-state index contributed by atoms with van der Waals surface area (Å²) in [4.78, 5) is 0. The quantitative estimate of drug-likeness (QED) is 0.791. The molecule has 3 heteroatoms. The van der Waals surface area contributed by atoms with Crippen LogP contribution >= 0.6 is 0 Å². The summed E-state index contributed by atoms with van der Waals surface area (Å²) in [6.07, 6.45) is 4.30. The number of nitrogens with zero attached hydrogens (tertiary/aromatic N) is 2. The highest BCUT2D eigenvalue weighted by Crippen LogP contribution is 2.20. The number of benzene rings is 1. The second-order valence-electron chi connectivity index (χ2n) is 5.25. The van der Waals surface area contributed by atoms with Gasteiger partial charge in [0.1, 0.15) is 0 Å². The summed E-state index contributed by atoms with van der Waals surface area (Å²) in [5.74, 6) is 0. The van der Waals surface area contributed by atoms with E-state index in [1.165, 1.54) is 17.3 Å². The maximum atomic E-state index is 4.51. The molecule has 0 aliphatic carbocycles. The minimum atomic E-state index is 0.457. The first-order chi connectivity index (χ1) is 8.68. The fourth-order valence-corrected chi connectivity index (χ4v) is 2.25. The third-order valence-corrected chi connectivity index (χ3v) is 3.27. The van der Waals surface area contributed by atoms with Gasteiger partial charge in [0.05, 0.1) is 11.7 Å². The lowest BCUT2D eigenvalue weighted by molar-refractivity contribution is 0.442. The number of hydrogen-bond donors (Lipinski definition) is 1. The molecular weight excluding hydrogens is 222 g/mol. The Morgan fingerprint density at radius 1 is 1.22 bits per heavy atom. The van der Waals surface area contributed by atoms with Crippen LogP contribution in [0.25, 0.3) is 10.9 Å². The zero-order valence-corrected chi connectivity index (χ0v) is 11.6. The van der Waals surface area contributed by atoms with Gasteiger partial charge in [-0.2, -0.15) is 5.10 Å². The number of fused-ring (bicyclic) bond motifs is 1. The van der Waals surface area contributed by atoms with Gasteiger partial charge in [-0.05, 0) is 32.4 Å². The lowest BCUT2D eigenvalue weighted by Crippen LogP contribution is -2.24. The summed E-state index contributed by atoms with van der Waals surface area (Å²) in [7, 11) is 0. The van der Waals surface area contributed by atoms with Crippen LogP contribution in [0, 0.1) is 0 Å². The topological polar surface area (TPSA) is 29.9 Å². The Kier molecular flexibility index (Phi) is 4.37. The molecule has 0 aliphatic rings. The van der Waals surface area contributed by atoms with E-state index in [4.69, 9.17) is 0 Å². The van der Waals surface area contributed by atoms with Crippen LogP contribution in [-0.2, 0) is 0 Å². The van der Waals surface area contributed by atoms with E-state index < -0.39 is 0 Å². The largest absolute Gasteiger partial charge is 0.315 e. The van der Waals surface area contributed by atoms with Crippen molar-refractivity contribution < 1.29 is 0 Å². The van der Waals surface area contributed by atoms with Crippen molar-refractivity contribution in [3.05, 3.63) is 30.5 Å². The molecule has 0 saturated heterocycles. The fourth-order valence-electron chi connectivity index (χ4n) is 2.25. The molecule has 0 amide bonds. The van der Waals surface area contributed by atoms with Crippen molar-refractivity contribution >= 4 is 10.9 Å². The normalized spacial score (nSPS) is 13.3. The minimum Gasteiger partial charge on any atom is -0.315 e. The molecule has 0 radical (unpaired) electrons. The molecule has 0 saturated carbocycles. The van der Waals surface area contributed by atoms with Crippen molar-refractivity contribution in [2.45, 2.75) is 45.7 Å². The van der Waals surface area contributed by atoms with Gasteiger partial charge in [0.25, 0.3) is 0 Å². The standard InChI is InChI=1S/C15H23N3/c1-12(2)16-10-6-7-13(3)18-15-9-5-4-8-14(15)11-17-18/h4-5,8-9,11-13,16H,6-7,10H2,1-3H3. The molecule has 1 aromatic heterocycles. The summed E-state index contributed by atoms with van der Waals surface area (Å²) in [6, 6.07) is 9.43. The Balaban J connectivity index is 1.94. The number of rotatable bonds is 6. The van der Waals surface area contributed by atoms with Gasteiger partial charge in [0, 0.05) is 17.5 Å². The van der Waals surface area contributed by atoms with E-state index in [0.29, 0.717) is 12.1 Å². The van der Waals surface area contributed by atoms with E-state index in [1.54, 1.807) is 0 Å². The second-order valence-corrected chi connectivity index (χ2v) is 5.25. The average Bonchev–Trinajstić information content (AvgIpc) is 2.78. The van der Waals surface area contributed by atoms with Crippen LogP contribution in [0.15, 0.2) is 30.5 Å². The molecule has 1 atom stereocenters. The van der Waals surface area contributed by atoms with E-state index in [9.17, 15) is 0 Å². The second kappa shape index (κ2) is 6.01. The lowest BCUT2D eigenvalue weighted by atomic mass is 10.1. The van der Waals surface area contributed by atoms with Gasteiger partial charge in [0.2, 0.25) is 0 Å². The van der Waals surface area contributed by atoms with E-state index in [0.717, 1.165) is 13.0 Å². The SMILES string of the molecule is CC(C)NCCCC(C)n1ncc2ccccc21. The van der Waals surface area contributed by atoms with Gasteiger partial charge in [-0.15, -0.1) is 0 Å². The zero-order valence-electron chi connectivity index (χ0n) is 11.6. The molecule has 2 aromatic rings. The molecule has 1 unspecified atom stereocenters. The molecule has 3 nitrogen and oxygen atoms in total. The third-order valence-electron chi connectivity index (χ3n) is 3.27. The van der Waals surface area contributed by atoms with Gasteiger partial charge in [-0.1, -0.05) is 32.0 Å². The maximum Gasteiger partial charge on any atom is 0.0685 e. The Labute approximate surface area is 109 Å².